The second-order valence-corrected chi connectivity index (χ2v) is 6.97. The molecule has 0 aromatic rings. The van der Waals surface area contributed by atoms with E-state index in [9.17, 15) is 13.2 Å². The topological polar surface area (TPSA) is 66.5 Å². The number of carbonyl (C=O) groups excluding carboxylic acids is 1. The summed E-state index contributed by atoms with van der Waals surface area (Å²) in [4.78, 5) is 13.4. The summed E-state index contributed by atoms with van der Waals surface area (Å²) in [7, 11) is -3.10. The smallest absolute Gasteiger partial charge is 0.223 e. The van der Waals surface area contributed by atoms with Gasteiger partial charge in [-0.3, -0.25) is 4.79 Å². The van der Waals surface area contributed by atoms with Crippen LogP contribution >= 0.6 is 0 Å². The lowest BCUT2D eigenvalue weighted by Crippen LogP contribution is -2.46. The quantitative estimate of drug-likeness (QED) is 0.737. The lowest BCUT2D eigenvalue weighted by atomic mass is 10.3. The van der Waals surface area contributed by atoms with Gasteiger partial charge in [0, 0.05) is 32.6 Å². The number of carbonyl (C=O) groups is 1. The Bertz CT molecular complexity index is 332. The van der Waals surface area contributed by atoms with E-state index >= 15 is 0 Å². The van der Waals surface area contributed by atoms with Crippen molar-refractivity contribution in [1.29, 1.82) is 0 Å². The highest BCUT2D eigenvalue weighted by Gasteiger charge is 2.21. The van der Waals surface area contributed by atoms with E-state index < -0.39 is 15.1 Å². The fraction of sp³-hybridized carbons (Fsp3) is 0.900. The van der Waals surface area contributed by atoms with Crippen molar-refractivity contribution in [2.75, 3.05) is 31.9 Å². The molecule has 0 spiro atoms. The molecule has 94 valence electrons. The summed E-state index contributed by atoms with van der Waals surface area (Å²) >= 11 is 0. The van der Waals surface area contributed by atoms with Crippen molar-refractivity contribution >= 4 is 15.7 Å². The molecule has 1 aliphatic heterocycles. The Morgan fingerprint density at radius 3 is 2.38 bits per heavy atom. The summed E-state index contributed by atoms with van der Waals surface area (Å²) < 4.78 is 23.1. The van der Waals surface area contributed by atoms with Crippen molar-refractivity contribution in [2.45, 2.75) is 25.5 Å². The Balaban J connectivity index is 2.40. The van der Waals surface area contributed by atoms with Gasteiger partial charge in [-0.05, 0) is 13.8 Å². The monoisotopic (exact) mass is 248 g/mol. The Morgan fingerprint density at radius 1 is 1.31 bits per heavy atom. The van der Waals surface area contributed by atoms with Crippen LogP contribution in [0.1, 0.15) is 20.3 Å². The Labute approximate surface area is 97.1 Å². The van der Waals surface area contributed by atoms with E-state index in [1.807, 2.05) is 0 Å². The third kappa shape index (κ3) is 3.75. The van der Waals surface area contributed by atoms with E-state index in [2.05, 4.69) is 5.32 Å². The largest absolute Gasteiger partial charge is 0.340 e. The van der Waals surface area contributed by atoms with Crippen LogP contribution in [0.2, 0.25) is 0 Å². The van der Waals surface area contributed by atoms with Gasteiger partial charge in [0.1, 0.15) is 0 Å². The van der Waals surface area contributed by atoms with Gasteiger partial charge in [0.2, 0.25) is 5.91 Å². The molecule has 1 amide bonds. The van der Waals surface area contributed by atoms with Crippen LogP contribution in [-0.4, -0.2) is 56.4 Å². The molecule has 1 fully saturated rings. The van der Waals surface area contributed by atoms with Gasteiger partial charge in [-0.2, -0.15) is 0 Å². The molecule has 0 aliphatic carbocycles. The molecular formula is C10H20N2O3S. The predicted molar refractivity (Wildman–Crippen MR) is 63.0 cm³/mol. The fourth-order valence-electron chi connectivity index (χ4n) is 1.54. The van der Waals surface area contributed by atoms with E-state index in [-0.39, 0.29) is 18.1 Å². The van der Waals surface area contributed by atoms with Crippen molar-refractivity contribution in [3.05, 3.63) is 0 Å². The summed E-state index contributed by atoms with van der Waals surface area (Å²) in [6, 6.07) is 0. The van der Waals surface area contributed by atoms with Gasteiger partial charge in [-0.1, -0.05) is 0 Å². The van der Waals surface area contributed by atoms with Crippen LogP contribution in [0.25, 0.3) is 0 Å². The maximum Gasteiger partial charge on any atom is 0.223 e. The van der Waals surface area contributed by atoms with Crippen molar-refractivity contribution in [1.82, 2.24) is 10.2 Å². The molecule has 1 saturated heterocycles. The van der Waals surface area contributed by atoms with E-state index in [0.717, 1.165) is 13.1 Å². The minimum Gasteiger partial charge on any atom is -0.340 e. The molecule has 1 N–H and O–H groups in total. The van der Waals surface area contributed by atoms with E-state index in [1.54, 1.807) is 18.7 Å². The lowest BCUT2D eigenvalue weighted by Gasteiger charge is -2.27. The van der Waals surface area contributed by atoms with E-state index in [4.69, 9.17) is 0 Å². The second-order valence-electron chi connectivity index (χ2n) is 4.30. The minimum absolute atomic E-state index is 0.0343. The van der Waals surface area contributed by atoms with Gasteiger partial charge in [-0.15, -0.1) is 0 Å². The number of piperazine rings is 1. The number of hydrogen-bond donors (Lipinski definition) is 1. The molecule has 0 unspecified atom stereocenters. The Morgan fingerprint density at radius 2 is 1.88 bits per heavy atom. The maximum atomic E-state index is 11.7. The standard InChI is InChI=1S/C10H20N2O3S/c1-9(2)16(14,15)8-3-10(13)12-6-4-11-5-7-12/h9,11H,3-8H2,1-2H3. The predicted octanol–water partition coefficient (Wildman–Crippen LogP) is -0.368. The van der Waals surface area contributed by atoms with Gasteiger partial charge in [-0.25, -0.2) is 8.42 Å². The van der Waals surface area contributed by atoms with Crippen LogP contribution in [0.3, 0.4) is 0 Å². The van der Waals surface area contributed by atoms with E-state index in [0.29, 0.717) is 13.1 Å². The number of nitrogens with one attached hydrogen (secondary N) is 1. The highest BCUT2D eigenvalue weighted by molar-refractivity contribution is 7.91. The number of nitrogens with zero attached hydrogens (tertiary/aromatic N) is 1. The molecule has 0 bridgehead atoms. The molecule has 5 nitrogen and oxygen atoms in total. The molecule has 1 aliphatic rings. The van der Waals surface area contributed by atoms with Gasteiger partial charge in [0.05, 0.1) is 11.0 Å². The van der Waals surface area contributed by atoms with Crippen LogP contribution in [0, 0.1) is 0 Å². The zero-order valence-electron chi connectivity index (χ0n) is 9.90. The molecule has 6 heteroatoms. The molecule has 1 rings (SSSR count). The van der Waals surface area contributed by atoms with Crippen molar-refractivity contribution in [3.8, 4) is 0 Å². The van der Waals surface area contributed by atoms with Gasteiger partial charge < -0.3 is 10.2 Å². The summed E-state index contributed by atoms with van der Waals surface area (Å²) in [6.45, 7) is 6.24. The average molecular weight is 248 g/mol. The first-order valence-electron chi connectivity index (χ1n) is 5.63. The maximum absolute atomic E-state index is 11.7. The molecule has 0 aromatic carbocycles. The molecule has 0 saturated carbocycles. The molecule has 0 atom stereocenters. The highest BCUT2D eigenvalue weighted by atomic mass is 32.2. The lowest BCUT2D eigenvalue weighted by molar-refractivity contribution is -0.131. The SMILES string of the molecule is CC(C)S(=O)(=O)CCC(=O)N1CCNCC1. The molecular weight excluding hydrogens is 228 g/mol. The van der Waals surface area contributed by atoms with Crippen LogP contribution in [-0.2, 0) is 14.6 Å². The molecule has 0 radical (unpaired) electrons. The summed E-state index contributed by atoms with van der Waals surface area (Å²) in [5.41, 5.74) is 0. The Hall–Kier alpha value is -0.620. The average Bonchev–Trinajstić information content (AvgIpc) is 2.27. The summed E-state index contributed by atoms with van der Waals surface area (Å²) in [5.74, 6) is -0.0846. The number of sulfone groups is 1. The molecule has 1 heterocycles. The number of amides is 1. The third-order valence-electron chi connectivity index (χ3n) is 2.79. The fourth-order valence-corrected chi connectivity index (χ4v) is 2.47. The third-order valence-corrected chi connectivity index (χ3v) is 5.00. The summed E-state index contributed by atoms with van der Waals surface area (Å²) in [5, 5.41) is 2.75. The first-order valence-corrected chi connectivity index (χ1v) is 7.35. The van der Waals surface area contributed by atoms with Gasteiger partial charge in [0.15, 0.2) is 9.84 Å². The molecule has 16 heavy (non-hydrogen) atoms. The zero-order valence-corrected chi connectivity index (χ0v) is 10.7. The first kappa shape index (κ1) is 13.4. The first-order chi connectivity index (χ1) is 7.43. The van der Waals surface area contributed by atoms with Crippen LogP contribution in [0.5, 0.6) is 0 Å². The van der Waals surface area contributed by atoms with Gasteiger partial charge in [0.25, 0.3) is 0 Å². The number of rotatable bonds is 4. The van der Waals surface area contributed by atoms with Crippen molar-refractivity contribution in [3.63, 3.8) is 0 Å². The van der Waals surface area contributed by atoms with Crippen molar-refractivity contribution < 1.29 is 13.2 Å². The van der Waals surface area contributed by atoms with Crippen LogP contribution in [0.4, 0.5) is 0 Å². The van der Waals surface area contributed by atoms with E-state index in [1.165, 1.54) is 0 Å². The van der Waals surface area contributed by atoms with Crippen LogP contribution in [0.15, 0.2) is 0 Å². The Kier molecular flexibility index (Phi) is 4.73. The highest BCUT2D eigenvalue weighted by Crippen LogP contribution is 2.05. The van der Waals surface area contributed by atoms with Crippen molar-refractivity contribution in [2.24, 2.45) is 0 Å². The number of hydrogen-bond acceptors (Lipinski definition) is 4. The molecule has 0 aromatic heterocycles. The minimum atomic E-state index is -3.10. The van der Waals surface area contributed by atoms with Gasteiger partial charge >= 0.3 is 0 Å². The zero-order chi connectivity index (χ0) is 12.2. The van der Waals surface area contributed by atoms with Crippen LogP contribution < -0.4 is 5.32 Å². The summed E-state index contributed by atoms with van der Waals surface area (Å²) in [6.07, 6.45) is 0.112. The normalized spacial score (nSPS) is 17.8. The second kappa shape index (κ2) is 5.63.